The minimum absolute atomic E-state index is 0.0286. The standard InChI is InChI=1S/C30H42N4O10/c1-30(2,3)44-29(40)31-13-15-42-17-19-43-18-16-41-14-6-4-5-10-23(35)32-21-9-7-8-20-25(21)28(39)34(27(20)38)22-11-12-24(36)33-26(22)37/h7-9,22H,4-6,10-19H2,1-3H3,(H,31,40)(H,32,35)(H,33,36,37). The zero-order valence-electron chi connectivity index (χ0n) is 25.5. The average molecular weight is 619 g/mol. The van der Waals surface area contributed by atoms with Crippen molar-refractivity contribution in [3.05, 3.63) is 29.3 Å². The molecule has 3 N–H and O–H groups in total. The normalized spacial score (nSPS) is 16.5. The highest BCUT2D eigenvalue weighted by Gasteiger charge is 2.45. The van der Waals surface area contributed by atoms with Crippen molar-refractivity contribution < 1.29 is 47.7 Å². The molecule has 0 radical (unpaired) electrons. The highest BCUT2D eigenvalue weighted by molar-refractivity contribution is 6.26. The molecule has 3 rings (SSSR count). The van der Waals surface area contributed by atoms with E-state index in [4.69, 9.17) is 18.9 Å². The maximum absolute atomic E-state index is 13.1. The summed E-state index contributed by atoms with van der Waals surface area (Å²) in [7, 11) is 0. The number of alkyl carbamates (subject to hydrolysis) is 1. The van der Waals surface area contributed by atoms with Crippen molar-refractivity contribution in [1.29, 1.82) is 0 Å². The highest BCUT2D eigenvalue weighted by atomic mass is 16.6. The molecule has 0 bridgehead atoms. The summed E-state index contributed by atoms with van der Waals surface area (Å²) in [5.74, 6) is -2.73. The molecular formula is C30H42N4O10. The van der Waals surface area contributed by atoms with Crippen LogP contribution in [0.1, 0.15) is 80.0 Å². The summed E-state index contributed by atoms with van der Waals surface area (Å²) in [5.41, 5.74) is -0.166. The van der Waals surface area contributed by atoms with E-state index < -0.39 is 41.4 Å². The van der Waals surface area contributed by atoms with E-state index >= 15 is 0 Å². The van der Waals surface area contributed by atoms with Crippen molar-refractivity contribution in [3.8, 4) is 0 Å². The van der Waals surface area contributed by atoms with Crippen molar-refractivity contribution >= 4 is 41.3 Å². The quantitative estimate of drug-likeness (QED) is 0.173. The summed E-state index contributed by atoms with van der Waals surface area (Å²) in [6.07, 6.45) is 1.95. The van der Waals surface area contributed by atoms with E-state index in [1.165, 1.54) is 6.07 Å². The van der Waals surface area contributed by atoms with Crippen LogP contribution in [0.4, 0.5) is 10.5 Å². The molecule has 0 aliphatic carbocycles. The number of rotatable bonds is 17. The lowest BCUT2D eigenvalue weighted by Crippen LogP contribution is -2.54. The molecule has 44 heavy (non-hydrogen) atoms. The van der Waals surface area contributed by atoms with E-state index in [-0.39, 0.29) is 42.0 Å². The van der Waals surface area contributed by atoms with Gasteiger partial charge in [0.2, 0.25) is 17.7 Å². The zero-order valence-corrected chi connectivity index (χ0v) is 25.5. The van der Waals surface area contributed by atoms with Crippen LogP contribution < -0.4 is 16.0 Å². The summed E-state index contributed by atoms with van der Waals surface area (Å²) in [6, 6.07) is 3.51. The van der Waals surface area contributed by atoms with Crippen molar-refractivity contribution in [2.45, 2.75) is 70.9 Å². The molecule has 0 aromatic heterocycles. The molecule has 0 saturated carbocycles. The van der Waals surface area contributed by atoms with Crippen molar-refractivity contribution in [2.24, 2.45) is 0 Å². The number of amides is 6. The van der Waals surface area contributed by atoms with Gasteiger partial charge in [-0.1, -0.05) is 12.5 Å². The van der Waals surface area contributed by atoms with Crippen molar-refractivity contribution in [3.63, 3.8) is 0 Å². The number of hydrogen-bond donors (Lipinski definition) is 3. The Bertz CT molecular complexity index is 1210. The molecule has 2 aliphatic rings. The monoisotopic (exact) mass is 618 g/mol. The first-order valence-electron chi connectivity index (χ1n) is 14.8. The number of piperidine rings is 1. The molecule has 1 fully saturated rings. The van der Waals surface area contributed by atoms with Gasteiger partial charge in [-0.25, -0.2) is 4.79 Å². The third-order valence-corrected chi connectivity index (χ3v) is 6.59. The molecule has 1 atom stereocenters. The van der Waals surface area contributed by atoms with Gasteiger partial charge in [-0.2, -0.15) is 0 Å². The Kier molecular flexibility index (Phi) is 13.2. The molecule has 0 spiro atoms. The Labute approximate surface area is 256 Å². The SMILES string of the molecule is CC(C)(C)OC(=O)NCCOCCOCCOCCCCCC(=O)Nc1cccc2c1C(=O)N(C1CCC(=O)NC1=O)C2=O. The molecule has 1 saturated heterocycles. The van der Waals surface area contributed by atoms with Crippen LogP contribution in [0.15, 0.2) is 18.2 Å². The van der Waals surface area contributed by atoms with Crippen molar-refractivity contribution in [1.82, 2.24) is 15.5 Å². The van der Waals surface area contributed by atoms with Crippen LogP contribution in [-0.2, 0) is 33.3 Å². The number of fused-ring (bicyclic) bond motifs is 1. The molecule has 14 heteroatoms. The van der Waals surface area contributed by atoms with Crippen LogP contribution in [0.2, 0.25) is 0 Å². The number of ether oxygens (including phenoxy) is 4. The number of anilines is 1. The van der Waals surface area contributed by atoms with Gasteiger partial charge < -0.3 is 29.6 Å². The van der Waals surface area contributed by atoms with E-state index in [1.54, 1.807) is 32.9 Å². The molecular weight excluding hydrogens is 576 g/mol. The van der Waals surface area contributed by atoms with Crippen LogP contribution in [0, 0.1) is 0 Å². The lowest BCUT2D eigenvalue weighted by molar-refractivity contribution is -0.136. The average Bonchev–Trinajstić information content (AvgIpc) is 3.20. The summed E-state index contributed by atoms with van der Waals surface area (Å²) in [4.78, 5) is 74.8. The third kappa shape index (κ3) is 10.7. The van der Waals surface area contributed by atoms with Crippen LogP contribution in [0.3, 0.4) is 0 Å². The fourth-order valence-electron chi connectivity index (χ4n) is 4.58. The molecule has 2 heterocycles. The van der Waals surface area contributed by atoms with Crippen LogP contribution in [-0.4, -0.2) is 98.4 Å². The predicted molar refractivity (Wildman–Crippen MR) is 157 cm³/mol. The summed E-state index contributed by atoms with van der Waals surface area (Å²) >= 11 is 0. The molecule has 1 unspecified atom stereocenters. The van der Waals surface area contributed by atoms with Gasteiger partial charge in [0.25, 0.3) is 11.8 Å². The van der Waals surface area contributed by atoms with Gasteiger partial charge in [-0.05, 0) is 52.2 Å². The van der Waals surface area contributed by atoms with E-state index in [0.29, 0.717) is 52.6 Å². The number of carbonyl (C=O) groups is 6. The minimum atomic E-state index is -1.07. The maximum atomic E-state index is 13.1. The Morgan fingerprint density at radius 2 is 1.59 bits per heavy atom. The first-order valence-corrected chi connectivity index (χ1v) is 14.8. The van der Waals surface area contributed by atoms with E-state index in [2.05, 4.69) is 16.0 Å². The first kappa shape index (κ1) is 34.6. The third-order valence-electron chi connectivity index (χ3n) is 6.59. The predicted octanol–water partition coefficient (Wildman–Crippen LogP) is 2.16. The first-order chi connectivity index (χ1) is 21.0. The summed E-state index contributed by atoms with van der Waals surface area (Å²) in [6.45, 7) is 8.27. The molecule has 1 aromatic carbocycles. The van der Waals surface area contributed by atoms with Gasteiger partial charge in [-0.15, -0.1) is 0 Å². The lowest BCUT2D eigenvalue weighted by atomic mass is 10.0. The highest BCUT2D eigenvalue weighted by Crippen LogP contribution is 2.32. The fourth-order valence-corrected chi connectivity index (χ4v) is 4.58. The Hall–Kier alpha value is -3.88. The van der Waals surface area contributed by atoms with Gasteiger partial charge in [0, 0.05) is 26.0 Å². The molecule has 2 aliphatic heterocycles. The fraction of sp³-hybridized carbons (Fsp3) is 0.600. The Morgan fingerprint density at radius 3 is 2.27 bits per heavy atom. The molecule has 1 aromatic rings. The number of unbranched alkanes of at least 4 members (excludes halogenated alkanes) is 2. The van der Waals surface area contributed by atoms with Gasteiger partial charge in [0.05, 0.1) is 49.8 Å². The van der Waals surface area contributed by atoms with E-state index in [1.807, 2.05) is 0 Å². The summed E-state index contributed by atoms with van der Waals surface area (Å²) < 4.78 is 21.5. The van der Waals surface area contributed by atoms with Gasteiger partial charge in [0.15, 0.2) is 0 Å². The number of nitrogens with one attached hydrogen (secondary N) is 3. The number of benzene rings is 1. The van der Waals surface area contributed by atoms with Crippen LogP contribution >= 0.6 is 0 Å². The van der Waals surface area contributed by atoms with Gasteiger partial charge in [0.1, 0.15) is 11.6 Å². The maximum Gasteiger partial charge on any atom is 0.407 e. The summed E-state index contributed by atoms with van der Waals surface area (Å²) in [5, 5.41) is 7.49. The van der Waals surface area contributed by atoms with Crippen molar-refractivity contribution in [2.75, 3.05) is 51.5 Å². The Balaban J connectivity index is 1.23. The number of imide groups is 2. The second-order valence-electron chi connectivity index (χ2n) is 11.3. The van der Waals surface area contributed by atoms with E-state index in [0.717, 1.165) is 17.7 Å². The molecule has 14 nitrogen and oxygen atoms in total. The topological polar surface area (TPSA) is 179 Å². The second kappa shape index (κ2) is 16.8. The minimum Gasteiger partial charge on any atom is -0.444 e. The molecule has 6 amide bonds. The Morgan fingerprint density at radius 1 is 0.909 bits per heavy atom. The van der Waals surface area contributed by atoms with Gasteiger partial charge >= 0.3 is 6.09 Å². The van der Waals surface area contributed by atoms with Gasteiger partial charge in [-0.3, -0.25) is 34.2 Å². The second-order valence-corrected chi connectivity index (χ2v) is 11.3. The number of carbonyl (C=O) groups excluding carboxylic acids is 6. The number of hydrogen-bond acceptors (Lipinski definition) is 10. The number of nitrogens with zero attached hydrogens (tertiary/aromatic N) is 1. The largest absolute Gasteiger partial charge is 0.444 e. The van der Waals surface area contributed by atoms with Crippen LogP contribution in [0.5, 0.6) is 0 Å². The zero-order chi connectivity index (χ0) is 32.1. The smallest absolute Gasteiger partial charge is 0.407 e. The van der Waals surface area contributed by atoms with Crippen LogP contribution in [0.25, 0.3) is 0 Å². The lowest BCUT2D eigenvalue weighted by Gasteiger charge is -2.27. The molecule has 242 valence electrons. The van der Waals surface area contributed by atoms with E-state index in [9.17, 15) is 28.8 Å².